The van der Waals surface area contributed by atoms with Crippen LogP contribution in [-0.2, 0) is 11.2 Å². The van der Waals surface area contributed by atoms with E-state index in [1.807, 2.05) is 24.3 Å². The van der Waals surface area contributed by atoms with Crippen LogP contribution in [0.1, 0.15) is 31.8 Å². The molecule has 0 saturated heterocycles. The minimum atomic E-state index is -1.02. The summed E-state index contributed by atoms with van der Waals surface area (Å²) in [5, 5.41) is 14.9. The van der Waals surface area contributed by atoms with Crippen molar-refractivity contribution >= 4 is 41.1 Å². The van der Waals surface area contributed by atoms with E-state index in [4.69, 9.17) is 21.4 Å². The summed E-state index contributed by atoms with van der Waals surface area (Å²) in [5.74, 6) is -1.15. The molecule has 0 aliphatic carbocycles. The van der Waals surface area contributed by atoms with Crippen molar-refractivity contribution in [3.63, 3.8) is 0 Å². The Hall–Kier alpha value is -4.10. The van der Waals surface area contributed by atoms with Gasteiger partial charge in [-0.1, -0.05) is 35.9 Å². The Bertz CT molecular complexity index is 1200. The Kier molecular flexibility index (Phi) is 8.43. The van der Waals surface area contributed by atoms with Gasteiger partial charge in [0, 0.05) is 23.3 Å². The first kappa shape index (κ1) is 24.5. The number of rotatable bonds is 9. The van der Waals surface area contributed by atoms with Gasteiger partial charge in [-0.25, -0.2) is 4.79 Å². The third-order valence-electron chi connectivity index (χ3n) is 4.91. The van der Waals surface area contributed by atoms with Gasteiger partial charge in [-0.15, -0.1) is 0 Å². The predicted molar refractivity (Wildman–Crippen MR) is 132 cm³/mol. The number of carboxylic acid groups (broad SMARTS) is 1. The number of aromatic carboxylic acids is 1. The van der Waals surface area contributed by atoms with Crippen LogP contribution in [-0.4, -0.2) is 36.5 Å². The van der Waals surface area contributed by atoms with Crippen LogP contribution in [0.4, 0.5) is 5.69 Å². The maximum Gasteiger partial charge on any atom is 0.335 e. The molecule has 0 spiro atoms. The normalized spacial score (nSPS) is 10.6. The van der Waals surface area contributed by atoms with Crippen molar-refractivity contribution in [1.29, 1.82) is 0 Å². The van der Waals surface area contributed by atoms with Crippen molar-refractivity contribution in [3.8, 4) is 5.75 Å². The second kappa shape index (κ2) is 11.7. The van der Waals surface area contributed by atoms with E-state index in [0.29, 0.717) is 35.0 Å². The lowest BCUT2D eigenvalue weighted by molar-refractivity contribution is -0.111. The molecule has 0 radical (unpaired) electrons. The number of halogens is 1. The van der Waals surface area contributed by atoms with Gasteiger partial charge in [-0.05, 0) is 66.1 Å². The first-order valence-electron chi connectivity index (χ1n) is 10.4. The molecule has 0 aromatic heterocycles. The van der Waals surface area contributed by atoms with E-state index in [-0.39, 0.29) is 17.4 Å². The molecule has 8 heteroatoms. The molecule has 174 valence electrons. The molecule has 0 fully saturated rings. The number of benzene rings is 3. The maximum absolute atomic E-state index is 12.4. The molecule has 0 aliphatic heterocycles. The van der Waals surface area contributed by atoms with Crippen molar-refractivity contribution in [1.82, 2.24) is 5.32 Å². The van der Waals surface area contributed by atoms with Crippen LogP contribution >= 0.6 is 11.6 Å². The number of anilines is 1. The Morgan fingerprint density at radius 1 is 1.00 bits per heavy atom. The molecule has 3 aromatic rings. The van der Waals surface area contributed by atoms with Crippen molar-refractivity contribution < 1.29 is 24.2 Å². The van der Waals surface area contributed by atoms with Crippen LogP contribution in [0.3, 0.4) is 0 Å². The molecule has 0 bridgehead atoms. The summed E-state index contributed by atoms with van der Waals surface area (Å²) in [7, 11) is 1.50. The zero-order chi connectivity index (χ0) is 24.5. The average molecular weight is 479 g/mol. The summed E-state index contributed by atoms with van der Waals surface area (Å²) in [6, 6.07) is 18.4. The summed E-state index contributed by atoms with van der Waals surface area (Å²) < 4.78 is 5.21. The standard InChI is InChI=1S/C26H23ClN2O5/c1-34-23-12-9-20(27)16-22(23)25(31)28-15-14-18-4-2-17(3-5-18)6-13-24(30)29-21-10-7-19(8-11-21)26(32)33/h2-13,16H,14-15H2,1H3,(H,28,31)(H,29,30)(H,32,33). The molecule has 7 nitrogen and oxygen atoms in total. The molecule has 0 aliphatic rings. The number of carboxylic acids is 1. The molecule has 0 heterocycles. The van der Waals surface area contributed by atoms with E-state index in [0.717, 1.165) is 11.1 Å². The number of hydrogen-bond acceptors (Lipinski definition) is 4. The lowest BCUT2D eigenvalue weighted by atomic mass is 10.1. The predicted octanol–water partition coefficient (Wildman–Crippen LogP) is 4.67. The second-order valence-corrected chi connectivity index (χ2v) is 7.73. The number of carbonyl (C=O) groups excluding carboxylic acids is 2. The minimum absolute atomic E-state index is 0.150. The Balaban J connectivity index is 1.48. The third-order valence-corrected chi connectivity index (χ3v) is 5.15. The van der Waals surface area contributed by atoms with E-state index in [1.54, 1.807) is 24.3 Å². The number of carbonyl (C=O) groups is 3. The highest BCUT2D eigenvalue weighted by molar-refractivity contribution is 6.31. The van der Waals surface area contributed by atoms with E-state index < -0.39 is 5.97 Å². The Morgan fingerprint density at radius 2 is 1.71 bits per heavy atom. The van der Waals surface area contributed by atoms with Gasteiger partial charge in [0.1, 0.15) is 5.75 Å². The van der Waals surface area contributed by atoms with Crippen LogP contribution in [0.15, 0.2) is 72.8 Å². The molecule has 0 atom stereocenters. The molecule has 0 saturated carbocycles. The van der Waals surface area contributed by atoms with Crippen molar-refractivity contribution in [2.75, 3.05) is 19.0 Å². The van der Waals surface area contributed by atoms with Gasteiger partial charge in [0.05, 0.1) is 18.2 Å². The fourth-order valence-corrected chi connectivity index (χ4v) is 3.29. The molecule has 2 amide bonds. The van der Waals surface area contributed by atoms with Crippen molar-refractivity contribution in [3.05, 3.63) is 100 Å². The van der Waals surface area contributed by atoms with Crippen LogP contribution in [0.25, 0.3) is 6.08 Å². The molecule has 3 N–H and O–H groups in total. The highest BCUT2D eigenvalue weighted by Gasteiger charge is 2.12. The van der Waals surface area contributed by atoms with Crippen molar-refractivity contribution in [2.45, 2.75) is 6.42 Å². The number of hydrogen-bond donors (Lipinski definition) is 3. The molecular weight excluding hydrogens is 456 g/mol. The first-order chi connectivity index (χ1) is 16.4. The lowest BCUT2D eigenvalue weighted by Gasteiger charge is -2.10. The number of methoxy groups -OCH3 is 1. The number of nitrogens with one attached hydrogen (secondary N) is 2. The zero-order valence-electron chi connectivity index (χ0n) is 18.4. The average Bonchev–Trinajstić information content (AvgIpc) is 2.83. The Labute approximate surface area is 202 Å². The van der Waals surface area contributed by atoms with Crippen molar-refractivity contribution in [2.24, 2.45) is 0 Å². The van der Waals surface area contributed by atoms with Crippen LogP contribution in [0.5, 0.6) is 5.75 Å². The highest BCUT2D eigenvalue weighted by atomic mass is 35.5. The highest BCUT2D eigenvalue weighted by Crippen LogP contribution is 2.22. The van der Waals surface area contributed by atoms with Crippen LogP contribution in [0.2, 0.25) is 5.02 Å². The van der Waals surface area contributed by atoms with E-state index in [9.17, 15) is 14.4 Å². The van der Waals surface area contributed by atoms with Crippen LogP contribution in [0, 0.1) is 0 Å². The summed E-state index contributed by atoms with van der Waals surface area (Å²) >= 11 is 5.98. The lowest BCUT2D eigenvalue weighted by Crippen LogP contribution is -2.26. The zero-order valence-corrected chi connectivity index (χ0v) is 19.1. The molecular formula is C26H23ClN2O5. The van der Waals surface area contributed by atoms with Crippen LogP contribution < -0.4 is 15.4 Å². The molecule has 34 heavy (non-hydrogen) atoms. The smallest absolute Gasteiger partial charge is 0.335 e. The quantitative estimate of drug-likeness (QED) is 0.387. The third kappa shape index (κ3) is 6.95. The van der Waals surface area contributed by atoms with E-state index in [1.165, 1.54) is 37.5 Å². The summed E-state index contributed by atoms with van der Waals surface area (Å²) in [4.78, 5) is 35.4. The van der Waals surface area contributed by atoms with Gasteiger partial charge >= 0.3 is 5.97 Å². The van der Waals surface area contributed by atoms with E-state index >= 15 is 0 Å². The summed E-state index contributed by atoms with van der Waals surface area (Å²) in [6.45, 7) is 0.437. The number of ether oxygens (including phenoxy) is 1. The van der Waals surface area contributed by atoms with Gasteiger partial charge in [-0.2, -0.15) is 0 Å². The second-order valence-electron chi connectivity index (χ2n) is 7.30. The maximum atomic E-state index is 12.4. The monoisotopic (exact) mass is 478 g/mol. The van der Waals surface area contributed by atoms with Gasteiger partial charge in [0.25, 0.3) is 5.91 Å². The molecule has 3 aromatic carbocycles. The van der Waals surface area contributed by atoms with E-state index in [2.05, 4.69) is 10.6 Å². The number of amides is 2. The molecule has 3 rings (SSSR count). The van der Waals surface area contributed by atoms with Gasteiger partial charge in [-0.3, -0.25) is 9.59 Å². The summed E-state index contributed by atoms with van der Waals surface area (Å²) in [6.07, 6.45) is 3.71. The minimum Gasteiger partial charge on any atom is -0.496 e. The fraction of sp³-hybridized carbons (Fsp3) is 0.115. The molecule has 0 unspecified atom stereocenters. The largest absolute Gasteiger partial charge is 0.496 e. The van der Waals surface area contributed by atoms with Gasteiger partial charge < -0.3 is 20.5 Å². The summed E-state index contributed by atoms with van der Waals surface area (Å²) in [5.41, 5.74) is 2.91. The SMILES string of the molecule is COc1ccc(Cl)cc1C(=O)NCCc1ccc(C=CC(=O)Nc2ccc(C(=O)O)cc2)cc1. The first-order valence-corrected chi connectivity index (χ1v) is 10.8. The van der Waals surface area contributed by atoms with Gasteiger partial charge in [0.15, 0.2) is 0 Å². The Morgan fingerprint density at radius 3 is 2.35 bits per heavy atom. The fourth-order valence-electron chi connectivity index (χ4n) is 3.12. The topological polar surface area (TPSA) is 105 Å². The van der Waals surface area contributed by atoms with Gasteiger partial charge in [0.2, 0.25) is 5.91 Å².